The van der Waals surface area contributed by atoms with Crippen LogP contribution in [0, 0.1) is 0 Å². The molecular weight excluding hydrogens is 320 g/mol. The van der Waals surface area contributed by atoms with Gasteiger partial charge in [-0.2, -0.15) is 0 Å². The van der Waals surface area contributed by atoms with Gasteiger partial charge >= 0.3 is 5.97 Å². The summed E-state index contributed by atoms with van der Waals surface area (Å²) in [7, 11) is 0. The number of nitrogens with zero attached hydrogens (tertiary/aromatic N) is 1. The Hall–Kier alpha value is -3.15. The molecular formula is C19H18N2O4. The highest BCUT2D eigenvalue weighted by atomic mass is 16.6. The van der Waals surface area contributed by atoms with Gasteiger partial charge in [0, 0.05) is 12.8 Å². The Bertz CT molecular complexity index is 775. The number of oxime groups is 1. The summed E-state index contributed by atoms with van der Waals surface area (Å²) in [6.07, 6.45) is -0.290. The average molecular weight is 338 g/mol. The maximum atomic E-state index is 12.4. The van der Waals surface area contributed by atoms with Gasteiger partial charge < -0.3 is 15.3 Å². The topological polar surface area (TPSA) is 88.0 Å². The minimum Gasteiger partial charge on any atom is -0.480 e. The second-order valence-electron chi connectivity index (χ2n) is 5.79. The van der Waals surface area contributed by atoms with Crippen LogP contribution in [0.4, 0.5) is 0 Å². The fraction of sp³-hybridized carbons (Fsp3) is 0.211. The zero-order valence-corrected chi connectivity index (χ0v) is 13.5. The smallest absolute Gasteiger partial charge is 0.326 e. The van der Waals surface area contributed by atoms with E-state index in [-0.39, 0.29) is 6.42 Å². The number of nitrogens with one attached hydrogen (secondary N) is 1. The van der Waals surface area contributed by atoms with Crippen LogP contribution in [0.5, 0.6) is 0 Å². The first kappa shape index (κ1) is 16.7. The molecule has 1 aliphatic rings. The molecule has 0 fully saturated rings. The molecule has 0 saturated carbocycles. The van der Waals surface area contributed by atoms with Crippen molar-refractivity contribution in [1.29, 1.82) is 0 Å². The Kier molecular flexibility index (Phi) is 5.09. The Labute approximate surface area is 145 Å². The molecule has 2 atom stereocenters. The van der Waals surface area contributed by atoms with Crippen molar-refractivity contribution in [3.63, 3.8) is 0 Å². The van der Waals surface area contributed by atoms with Gasteiger partial charge in [-0.05, 0) is 11.1 Å². The number of benzene rings is 2. The Balaban J connectivity index is 1.60. The lowest BCUT2D eigenvalue weighted by Gasteiger charge is -2.16. The molecule has 0 unspecified atom stereocenters. The number of carbonyl (C=O) groups is 2. The van der Waals surface area contributed by atoms with Gasteiger partial charge in [0.2, 0.25) is 6.10 Å². The molecule has 0 radical (unpaired) electrons. The summed E-state index contributed by atoms with van der Waals surface area (Å²) in [5.74, 6) is -1.56. The van der Waals surface area contributed by atoms with E-state index in [0.717, 1.165) is 11.1 Å². The number of hydrogen-bond donors (Lipinski definition) is 2. The van der Waals surface area contributed by atoms with Gasteiger partial charge in [-0.25, -0.2) is 4.79 Å². The largest absolute Gasteiger partial charge is 0.480 e. The number of carbonyl (C=O) groups excluding carboxylic acids is 1. The van der Waals surface area contributed by atoms with Gasteiger partial charge in [0.15, 0.2) is 0 Å². The van der Waals surface area contributed by atoms with Crippen LogP contribution in [-0.2, 0) is 20.8 Å². The molecule has 2 aromatic carbocycles. The zero-order chi connectivity index (χ0) is 17.6. The van der Waals surface area contributed by atoms with Crippen LogP contribution < -0.4 is 5.32 Å². The molecule has 3 rings (SSSR count). The molecule has 6 heteroatoms. The van der Waals surface area contributed by atoms with Crippen molar-refractivity contribution in [1.82, 2.24) is 5.32 Å². The lowest BCUT2D eigenvalue weighted by Crippen LogP contribution is -2.46. The highest BCUT2D eigenvalue weighted by molar-refractivity contribution is 6.04. The van der Waals surface area contributed by atoms with Crippen molar-refractivity contribution >= 4 is 17.6 Å². The molecule has 0 bridgehead atoms. The SMILES string of the molecule is O=C(O)[C@@H](Cc1ccccc1)NC(=O)[C@H]1CC(c2ccccc2)=NO1. The van der Waals surface area contributed by atoms with Gasteiger partial charge in [-0.1, -0.05) is 65.8 Å². The summed E-state index contributed by atoms with van der Waals surface area (Å²) >= 11 is 0. The lowest BCUT2D eigenvalue weighted by molar-refractivity contribution is -0.143. The summed E-state index contributed by atoms with van der Waals surface area (Å²) in [5, 5.41) is 15.9. The van der Waals surface area contributed by atoms with Crippen molar-refractivity contribution in [2.45, 2.75) is 25.0 Å². The summed E-state index contributed by atoms with van der Waals surface area (Å²) in [6.45, 7) is 0. The van der Waals surface area contributed by atoms with Gasteiger partial charge in [0.25, 0.3) is 5.91 Å². The summed E-state index contributed by atoms with van der Waals surface area (Å²) in [4.78, 5) is 29.0. The van der Waals surface area contributed by atoms with E-state index in [1.165, 1.54) is 0 Å². The molecule has 0 spiro atoms. The molecule has 25 heavy (non-hydrogen) atoms. The number of aliphatic carboxylic acids is 1. The molecule has 1 aliphatic heterocycles. The highest BCUT2D eigenvalue weighted by Gasteiger charge is 2.31. The van der Waals surface area contributed by atoms with E-state index in [0.29, 0.717) is 12.1 Å². The molecule has 2 N–H and O–H groups in total. The second kappa shape index (κ2) is 7.61. The predicted molar refractivity (Wildman–Crippen MR) is 92.2 cm³/mol. The van der Waals surface area contributed by atoms with Crippen LogP contribution in [0.1, 0.15) is 17.5 Å². The van der Waals surface area contributed by atoms with E-state index in [4.69, 9.17) is 4.84 Å². The first-order valence-electron chi connectivity index (χ1n) is 7.98. The number of carboxylic acids is 1. The molecule has 1 amide bonds. The van der Waals surface area contributed by atoms with Crippen LogP contribution in [0.15, 0.2) is 65.8 Å². The van der Waals surface area contributed by atoms with Crippen LogP contribution in [0.3, 0.4) is 0 Å². The molecule has 128 valence electrons. The fourth-order valence-electron chi connectivity index (χ4n) is 2.63. The molecule has 1 heterocycles. The van der Waals surface area contributed by atoms with E-state index in [9.17, 15) is 14.7 Å². The van der Waals surface area contributed by atoms with E-state index in [1.807, 2.05) is 60.7 Å². The van der Waals surface area contributed by atoms with E-state index in [1.54, 1.807) is 0 Å². The first-order valence-corrected chi connectivity index (χ1v) is 7.98. The number of hydrogen-bond acceptors (Lipinski definition) is 4. The van der Waals surface area contributed by atoms with E-state index in [2.05, 4.69) is 10.5 Å². The van der Waals surface area contributed by atoms with Gasteiger partial charge in [-0.3, -0.25) is 4.79 Å². The minimum absolute atomic E-state index is 0.209. The Morgan fingerprint density at radius 3 is 2.40 bits per heavy atom. The third-order valence-electron chi connectivity index (χ3n) is 3.97. The van der Waals surface area contributed by atoms with E-state index < -0.39 is 24.0 Å². The Morgan fingerprint density at radius 1 is 1.12 bits per heavy atom. The summed E-state index contributed by atoms with van der Waals surface area (Å²) < 4.78 is 0. The summed E-state index contributed by atoms with van der Waals surface area (Å²) in [6, 6.07) is 17.6. The molecule has 2 aromatic rings. The number of rotatable bonds is 6. The van der Waals surface area contributed by atoms with Crippen LogP contribution >= 0.6 is 0 Å². The van der Waals surface area contributed by atoms with Crippen molar-refractivity contribution < 1.29 is 19.5 Å². The highest BCUT2D eigenvalue weighted by Crippen LogP contribution is 2.17. The third kappa shape index (κ3) is 4.23. The first-order chi connectivity index (χ1) is 12.1. The number of carboxylic acid groups (broad SMARTS) is 1. The van der Waals surface area contributed by atoms with Crippen molar-refractivity contribution in [2.24, 2.45) is 5.16 Å². The maximum absolute atomic E-state index is 12.4. The maximum Gasteiger partial charge on any atom is 0.326 e. The predicted octanol–water partition coefficient (Wildman–Crippen LogP) is 1.99. The monoisotopic (exact) mass is 338 g/mol. The Morgan fingerprint density at radius 2 is 1.76 bits per heavy atom. The third-order valence-corrected chi connectivity index (χ3v) is 3.97. The van der Waals surface area contributed by atoms with Crippen molar-refractivity contribution in [3.05, 3.63) is 71.8 Å². The average Bonchev–Trinajstić information content (AvgIpc) is 3.13. The van der Waals surface area contributed by atoms with Crippen LogP contribution in [0.25, 0.3) is 0 Å². The molecule has 6 nitrogen and oxygen atoms in total. The van der Waals surface area contributed by atoms with Crippen LogP contribution in [0.2, 0.25) is 0 Å². The standard InChI is InChI=1S/C19H18N2O4/c22-18(17-12-15(21-25-17)14-9-5-2-6-10-14)20-16(19(23)24)11-13-7-3-1-4-8-13/h1-10,16-17H,11-12H2,(H,20,22)(H,23,24)/t16-,17-/m1/s1. The molecule has 0 aromatic heterocycles. The van der Waals surface area contributed by atoms with E-state index >= 15 is 0 Å². The van der Waals surface area contributed by atoms with Gasteiger partial charge in [0.05, 0.1) is 5.71 Å². The quantitative estimate of drug-likeness (QED) is 0.843. The normalized spacial score (nSPS) is 17.3. The van der Waals surface area contributed by atoms with Crippen molar-refractivity contribution in [3.8, 4) is 0 Å². The second-order valence-corrected chi connectivity index (χ2v) is 5.79. The van der Waals surface area contributed by atoms with Gasteiger partial charge in [-0.15, -0.1) is 0 Å². The lowest BCUT2D eigenvalue weighted by atomic mass is 10.0. The molecule has 0 saturated heterocycles. The fourth-order valence-corrected chi connectivity index (χ4v) is 2.63. The molecule has 0 aliphatic carbocycles. The van der Waals surface area contributed by atoms with Crippen LogP contribution in [-0.4, -0.2) is 34.8 Å². The van der Waals surface area contributed by atoms with Gasteiger partial charge in [0.1, 0.15) is 6.04 Å². The zero-order valence-electron chi connectivity index (χ0n) is 13.5. The summed E-state index contributed by atoms with van der Waals surface area (Å²) in [5.41, 5.74) is 2.40. The minimum atomic E-state index is -1.08. The van der Waals surface area contributed by atoms with Crippen molar-refractivity contribution in [2.75, 3.05) is 0 Å². The number of amides is 1.